The Morgan fingerprint density at radius 1 is 0.423 bits per heavy atom. The van der Waals surface area contributed by atoms with E-state index in [1.54, 1.807) is 0 Å². The van der Waals surface area contributed by atoms with Crippen LogP contribution in [0.15, 0.2) is 164 Å². The number of fused-ring (bicyclic) bond motifs is 5. The summed E-state index contributed by atoms with van der Waals surface area (Å²) in [5, 5.41) is 0. The smallest absolute Gasteiger partial charge is 0.252 e. The van der Waals surface area contributed by atoms with Crippen molar-refractivity contribution in [3.8, 4) is 11.1 Å². The average Bonchev–Trinajstić information content (AvgIpc) is 3.01. The number of rotatable bonds is 7. The summed E-state index contributed by atoms with van der Waals surface area (Å²) in [5.74, 6) is 0. The maximum atomic E-state index is 2.74. The summed E-state index contributed by atoms with van der Waals surface area (Å²) in [6.07, 6.45) is 2.14. The number of nitrogens with zero attached hydrogens (tertiary/aromatic N) is 3. The molecule has 398 valence electrons. The van der Waals surface area contributed by atoms with Gasteiger partial charge in [0.05, 0.1) is 5.69 Å². The molecule has 2 heterocycles. The fourth-order valence-corrected chi connectivity index (χ4v) is 12.7. The summed E-state index contributed by atoms with van der Waals surface area (Å²) in [5.41, 5.74) is 27.4. The van der Waals surface area contributed by atoms with E-state index in [1.807, 2.05) is 0 Å². The largest absolute Gasteiger partial charge is 0.338 e. The van der Waals surface area contributed by atoms with Crippen molar-refractivity contribution >= 4 is 68.6 Å². The first-order valence-corrected chi connectivity index (χ1v) is 28.9. The standard InChI is InChI=1S/C74H84BN3/c1-69(2,3)52-25-32-57(33-26-52)77(58-34-27-53(28-35-58)70(4,5)6)60-43-66-68-67(44-60)78(59-36-29-54(30-37-59)71(7,8)9)64-38-31-56(73(13,14)15)42-63(64)75(68)62-39-50-45-74(16,17)46-51(50)40-65(62)76(66)47-49-23-24-55(72(10,11)12)41-61(49)48-21-19-18-20-22-48/h18-44H,45-47H2,1-17H3. The molecule has 8 aromatic rings. The topological polar surface area (TPSA) is 9.72 Å². The lowest BCUT2D eigenvalue weighted by atomic mass is 9.33. The van der Waals surface area contributed by atoms with Crippen LogP contribution in [0, 0.1) is 5.41 Å². The van der Waals surface area contributed by atoms with Crippen molar-refractivity contribution in [2.75, 3.05) is 14.7 Å². The molecule has 0 saturated heterocycles. The highest BCUT2D eigenvalue weighted by atomic mass is 15.2. The Morgan fingerprint density at radius 2 is 0.885 bits per heavy atom. The summed E-state index contributed by atoms with van der Waals surface area (Å²) in [4.78, 5) is 7.88. The molecule has 0 unspecified atom stereocenters. The van der Waals surface area contributed by atoms with Gasteiger partial charge in [-0.3, -0.25) is 0 Å². The third-order valence-corrected chi connectivity index (χ3v) is 17.3. The first-order chi connectivity index (χ1) is 36.5. The van der Waals surface area contributed by atoms with Crippen molar-refractivity contribution < 1.29 is 0 Å². The summed E-state index contributed by atoms with van der Waals surface area (Å²) in [6.45, 7) is 40.5. The minimum absolute atomic E-state index is 0.00541. The minimum Gasteiger partial charge on any atom is -0.338 e. The molecule has 1 aliphatic carbocycles. The van der Waals surface area contributed by atoms with Gasteiger partial charge in [0.2, 0.25) is 0 Å². The van der Waals surface area contributed by atoms with E-state index < -0.39 is 0 Å². The Bertz CT molecular complexity index is 3510. The van der Waals surface area contributed by atoms with Crippen molar-refractivity contribution in [2.45, 2.75) is 164 Å². The molecule has 3 nitrogen and oxygen atoms in total. The summed E-state index contributed by atoms with van der Waals surface area (Å²) in [7, 11) is 0. The molecule has 0 spiro atoms. The molecule has 0 amide bonds. The third-order valence-electron chi connectivity index (χ3n) is 17.3. The third kappa shape index (κ3) is 9.81. The van der Waals surface area contributed by atoms with Crippen LogP contribution >= 0.6 is 0 Å². The minimum atomic E-state index is -0.0503. The second-order valence-corrected chi connectivity index (χ2v) is 29.2. The van der Waals surface area contributed by atoms with Crippen LogP contribution < -0.4 is 31.1 Å². The van der Waals surface area contributed by atoms with Crippen LogP contribution in [0.4, 0.5) is 45.5 Å². The van der Waals surface area contributed by atoms with E-state index in [1.165, 1.54) is 100 Å². The molecule has 0 fully saturated rings. The van der Waals surface area contributed by atoms with Gasteiger partial charge in [0.25, 0.3) is 6.71 Å². The number of benzene rings is 8. The summed E-state index contributed by atoms with van der Waals surface area (Å²) >= 11 is 0. The number of hydrogen-bond acceptors (Lipinski definition) is 3. The van der Waals surface area contributed by atoms with E-state index in [9.17, 15) is 0 Å². The van der Waals surface area contributed by atoms with Gasteiger partial charge in [0, 0.05) is 46.4 Å². The van der Waals surface area contributed by atoms with E-state index in [0.29, 0.717) is 6.54 Å². The van der Waals surface area contributed by atoms with Crippen LogP contribution in [-0.2, 0) is 46.5 Å². The predicted octanol–water partition coefficient (Wildman–Crippen LogP) is 18.4. The van der Waals surface area contributed by atoms with E-state index in [-0.39, 0.29) is 39.2 Å². The van der Waals surface area contributed by atoms with E-state index >= 15 is 0 Å². The van der Waals surface area contributed by atoms with Crippen LogP contribution in [0.1, 0.15) is 162 Å². The Morgan fingerprint density at radius 3 is 1.42 bits per heavy atom. The highest BCUT2D eigenvalue weighted by molar-refractivity contribution is 7.00. The zero-order chi connectivity index (χ0) is 55.6. The lowest BCUT2D eigenvalue weighted by Crippen LogP contribution is -2.62. The fourth-order valence-electron chi connectivity index (χ4n) is 12.7. The maximum absolute atomic E-state index is 2.74. The van der Waals surface area contributed by atoms with Gasteiger partial charge in [-0.1, -0.05) is 221 Å². The molecular formula is C74H84BN3. The zero-order valence-corrected chi connectivity index (χ0v) is 50.1. The van der Waals surface area contributed by atoms with E-state index in [2.05, 4.69) is 296 Å². The molecule has 0 N–H and O–H groups in total. The first-order valence-electron chi connectivity index (χ1n) is 28.9. The second-order valence-electron chi connectivity index (χ2n) is 29.2. The van der Waals surface area contributed by atoms with Crippen molar-refractivity contribution in [3.05, 3.63) is 208 Å². The van der Waals surface area contributed by atoms with Crippen LogP contribution in [0.3, 0.4) is 0 Å². The van der Waals surface area contributed by atoms with Crippen LogP contribution in [0.25, 0.3) is 11.1 Å². The number of anilines is 8. The highest BCUT2D eigenvalue weighted by Gasteiger charge is 2.46. The lowest BCUT2D eigenvalue weighted by Gasteiger charge is -2.45. The molecule has 0 radical (unpaired) electrons. The molecule has 11 rings (SSSR count). The predicted molar refractivity (Wildman–Crippen MR) is 339 cm³/mol. The van der Waals surface area contributed by atoms with Gasteiger partial charge in [-0.05, 0) is 178 Å². The van der Waals surface area contributed by atoms with Crippen molar-refractivity contribution in [1.29, 1.82) is 0 Å². The van der Waals surface area contributed by atoms with Gasteiger partial charge in [0.1, 0.15) is 0 Å². The normalized spacial score (nSPS) is 15.0. The maximum Gasteiger partial charge on any atom is 0.252 e. The molecule has 2 aliphatic heterocycles. The highest BCUT2D eigenvalue weighted by Crippen LogP contribution is 2.49. The van der Waals surface area contributed by atoms with Crippen LogP contribution in [0.5, 0.6) is 0 Å². The summed E-state index contributed by atoms with van der Waals surface area (Å²) < 4.78 is 0. The molecule has 0 bridgehead atoms. The Kier molecular flexibility index (Phi) is 12.7. The van der Waals surface area contributed by atoms with Crippen LogP contribution in [0.2, 0.25) is 0 Å². The molecule has 0 aromatic heterocycles. The molecule has 3 aliphatic rings. The molecule has 0 atom stereocenters. The first kappa shape index (κ1) is 53.2. The average molecular weight is 1030 g/mol. The lowest BCUT2D eigenvalue weighted by molar-refractivity contribution is 0.392. The Hall–Kier alpha value is -6.78. The monoisotopic (exact) mass is 1030 g/mol. The Balaban J connectivity index is 1.26. The van der Waals surface area contributed by atoms with Crippen LogP contribution in [-0.4, -0.2) is 6.71 Å². The molecule has 8 aromatic carbocycles. The van der Waals surface area contributed by atoms with Gasteiger partial charge in [-0.2, -0.15) is 0 Å². The molecule has 78 heavy (non-hydrogen) atoms. The van der Waals surface area contributed by atoms with Crippen molar-refractivity contribution in [1.82, 2.24) is 0 Å². The second kappa shape index (κ2) is 18.7. The van der Waals surface area contributed by atoms with Gasteiger partial charge < -0.3 is 14.7 Å². The van der Waals surface area contributed by atoms with Gasteiger partial charge in [-0.15, -0.1) is 0 Å². The van der Waals surface area contributed by atoms with E-state index in [4.69, 9.17) is 0 Å². The summed E-state index contributed by atoms with van der Waals surface area (Å²) in [6, 6.07) is 64.4. The fraction of sp³-hybridized carbons (Fsp3) is 0.351. The number of hydrogen-bond donors (Lipinski definition) is 0. The quantitative estimate of drug-likeness (QED) is 0.147. The molecular weight excluding hydrogens is 942 g/mol. The van der Waals surface area contributed by atoms with Gasteiger partial charge in [-0.25, -0.2) is 0 Å². The Labute approximate surface area is 469 Å². The van der Waals surface area contributed by atoms with Gasteiger partial charge >= 0.3 is 0 Å². The van der Waals surface area contributed by atoms with Crippen molar-refractivity contribution in [3.63, 3.8) is 0 Å². The van der Waals surface area contributed by atoms with Crippen molar-refractivity contribution in [2.24, 2.45) is 5.41 Å². The van der Waals surface area contributed by atoms with E-state index in [0.717, 1.165) is 29.9 Å². The zero-order valence-electron chi connectivity index (χ0n) is 50.1. The molecule has 4 heteroatoms. The van der Waals surface area contributed by atoms with Gasteiger partial charge in [0.15, 0.2) is 0 Å². The molecule has 0 saturated carbocycles. The SMILES string of the molecule is CC1(C)Cc2cc3c(cc2C1)N(Cc1ccc(C(C)(C)C)cc1-c1ccccc1)c1cc(N(c2ccc(C(C)(C)C)cc2)c2ccc(C(C)(C)C)cc2)cc2c1B3c1cc(C(C)(C)C)ccc1N2c1ccc(C(C)(C)C)cc1.